The number of carbonyl (C=O) groups excluding carboxylic acids is 1. The number of halogens is 1. The highest BCUT2D eigenvalue weighted by molar-refractivity contribution is 6.31. The van der Waals surface area contributed by atoms with E-state index < -0.39 is 17.9 Å². The van der Waals surface area contributed by atoms with Gasteiger partial charge in [0.2, 0.25) is 5.88 Å². The van der Waals surface area contributed by atoms with Gasteiger partial charge in [-0.25, -0.2) is 4.98 Å². The molecule has 1 unspecified atom stereocenters. The molecule has 1 amide bonds. The zero-order chi connectivity index (χ0) is 22.4. The summed E-state index contributed by atoms with van der Waals surface area (Å²) in [6, 6.07) is 16.4. The highest BCUT2D eigenvalue weighted by Gasteiger charge is 2.22. The average molecular weight is 436 g/mol. The molecule has 0 radical (unpaired) electrons. The molecule has 3 rings (SSSR count). The smallest absolute Gasteiger partial charge is 0.305 e. The standard InChI is InChI=1S/C23H18ClN3O4/c1-31-23-18(15-6-4-5-14(9-15)12-25)10-16(13-26-23)22(30)27-20(11-21(28)29)17-7-2-3-8-19(17)24/h2-10,13,20H,11H2,1H3,(H,27,30)(H,28,29). The number of aliphatic carboxylic acids is 1. The Bertz CT molecular complexity index is 1170. The van der Waals surface area contributed by atoms with Crippen molar-refractivity contribution >= 4 is 23.5 Å². The molecule has 0 saturated carbocycles. The van der Waals surface area contributed by atoms with Crippen LogP contribution in [0.5, 0.6) is 5.88 Å². The predicted molar refractivity (Wildman–Crippen MR) is 115 cm³/mol. The number of aromatic nitrogens is 1. The Kier molecular flexibility index (Phi) is 6.85. The lowest BCUT2D eigenvalue weighted by atomic mass is 10.0. The van der Waals surface area contributed by atoms with Crippen molar-refractivity contribution in [3.05, 3.63) is 82.5 Å². The van der Waals surface area contributed by atoms with Crippen LogP contribution in [0.1, 0.15) is 33.9 Å². The molecular formula is C23H18ClN3O4. The third-order valence-electron chi connectivity index (χ3n) is 4.57. The van der Waals surface area contributed by atoms with Gasteiger partial charge in [-0.1, -0.05) is 41.9 Å². The number of pyridine rings is 1. The first-order chi connectivity index (χ1) is 14.9. The van der Waals surface area contributed by atoms with Gasteiger partial charge >= 0.3 is 5.97 Å². The van der Waals surface area contributed by atoms with Gasteiger partial charge in [0, 0.05) is 16.8 Å². The maximum atomic E-state index is 12.9. The maximum Gasteiger partial charge on any atom is 0.305 e. The summed E-state index contributed by atoms with van der Waals surface area (Å²) in [6.45, 7) is 0. The monoisotopic (exact) mass is 435 g/mol. The predicted octanol–water partition coefficient (Wildman–Crippen LogP) is 4.23. The quantitative estimate of drug-likeness (QED) is 0.574. The van der Waals surface area contributed by atoms with E-state index in [0.29, 0.717) is 33.2 Å². The number of amides is 1. The van der Waals surface area contributed by atoms with Gasteiger partial charge in [-0.15, -0.1) is 0 Å². The van der Waals surface area contributed by atoms with Crippen LogP contribution in [0.3, 0.4) is 0 Å². The van der Waals surface area contributed by atoms with E-state index in [-0.39, 0.29) is 12.0 Å². The van der Waals surface area contributed by atoms with Crippen molar-refractivity contribution in [1.82, 2.24) is 10.3 Å². The summed E-state index contributed by atoms with van der Waals surface area (Å²) in [6.07, 6.45) is 1.01. The molecule has 156 valence electrons. The lowest BCUT2D eigenvalue weighted by Gasteiger charge is -2.19. The Morgan fingerprint density at radius 3 is 2.68 bits per heavy atom. The second-order valence-corrected chi connectivity index (χ2v) is 7.03. The van der Waals surface area contributed by atoms with Gasteiger partial charge in [-0.05, 0) is 35.4 Å². The molecule has 3 aromatic rings. The van der Waals surface area contributed by atoms with Crippen molar-refractivity contribution in [3.8, 4) is 23.1 Å². The number of carboxylic acid groups (broad SMARTS) is 1. The van der Waals surface area contributed by atoms with E-state index in [0.717, 1.165) is 0 Å². The van der Waals surface area contributed by atoms with Gasteiger partial charge < -0.3 is 15.2 Å². The second kappa shape index (κ2) is 9.74. The van der Waals surface area contributed by atoms with E-state index >= 15 is 0 Å². The van der Waals surface area contributed by atoms with E-state index in [1.54, 1.807) is 54.6 Å². The SMILES string of the molecule is COc1ncc(C(=O)NC(CC(=O)O)c2ccccc2Cl)cc1-c1cccc(C#N)c1. The molecule has 0 bridgehead atoms. The lowest BCUT2D eigenvalue weighted by molar-refractivity contribution is -0.137. The number of nitriles is 1. The molecule has 0 fully saturated rings. The van der Waals surface area contributed by atoms with Gasteiger partial charge in [0.25, 0.3) is 5.91 Å². The number of carbonyl (C=O) groups is 2. The largest absolute Gasteiger partial charge is 0.481 e. The molecule has 31 heavy (non-hydrogen) atoms. The summed E-state index contributed by atoms with van der Waals surface area (Å²) in [7, 11) is 1.46. The van der Waals surface area contributed by atoms with E-state index in [1.165, 1.54) is 13.3 Å². The van der Waals surface area contributed by atoms with E-state index in [9.17, 15) is 14.7 Å². The van der Waals surface area contributed by atoms with Crippen molar-refractivity contribution in [2.24, 2.45) is 0 Å². The van der Waals surface area contributed by atoms with E-state index in [4.69, 9.17) is 21.6 Å². The number of ether oxygens (including phenoxy) is 1. The van der Waals surface area contributed by atoms with Gasteiger partial charge in [0.1, 0.15) is 0 Å². The fraction of sp³-hybridized carbons (Fsp3) is 0.130. The van der Waals surface area contributed by atoms with Gasteiger partial charge in [0.15, 0.2) is 0 Å². The lowest BCUT2D eigenvalue weighted by Crippen LogP contribution is -2.30. The molecule has 2 N–H and O–H groups in total. The fourth-order valence-corrected chi connectivity index (χ4v) is 3.38. The molecule has 0 aliphatic rings. The zero-order valence-electron chi connectivity index (χ0n) is 16.5. The van der Waals surface area contributed by atoms with Gasteiger partial charge in [-0.2, -0.15) is 5.26 Å². The Hall–Kier alpha value is -3.89. The highest BCUT2D eigenvalue weighted by Crippen LogP contribution is 2.30. The van der Waals surface area contributed by atoms with Crippen LogP contribution >= 0.6 is 11.6 Å². The van der Waals surface area contributed by atoms with Crippen LogP contribution < -0.4 is 10.1 Å². The molecule has 8 heteroatoms. The normalized spacial score (nSPS) is 11.3. The third-order valence-corrected chi connectivity index (χ3v) is 4.92. The minimum Gasteiger partial charge on any atom is -0.481 e. The number of hydrogen-bond donors (Lipinski definition) is 2. The number of methoxy groups -OCH3 is 1. The van der Waals surface area contributed by atoms with Gasteiger partial charge in [-0.3, -0.25) is 9.59 Å². The van der Waals surface area contributed by atoms with Crippen LogP contribution in [0.15, 0.2) is 60.8 Å². The summed E-state index contributed by atoms with van der Waals surface area (Å²) < 4.78 is 5.31. The second-order valence-electron chi connectivity index (χ2n) is 6.62. The molecule has 0 aliphatic heterocycles. The summed E-state index contributed by atoms with van der Waals surface area (Å²) in [4.78, 5) is 28.5. The third kappa shape index (κ3) is 5.18. The van der Waals surface area contributed by atoms with Crippen LogP contribution in [0.25, 0.3) is 11.1 Å². The molecule has 0 spiro atoms. The summed E-state index contributed by atoms with van der Waals surface area (Å²) in [5.41, 5.74) is 2.35. The number of carboxylic acids is 1. The zero-order valence-corrected chi connectivity index (χ0v) is 17.3. The molecular weight excluding hydrogens is 418 g/mol. The highest BCUT2D eigenvalue weighted by atomic mass is 35.5. The number of benzene rings is 2. The van der Waals surface area contributed by atoms with Crippen molar-refractivity contribution in [2.45, 2.75) is 12.5 Å². The van der Waals surface area contributed by atoms with Crippen molar-refractivity contribution < 1.29 is 19.4 Å². The van der Waals surface area contributed by atoms with E-state index in [1.807, 2.05) is 0 Å². The Labute approximate surface area is 183 Å². The number of rotatable bonds is 7. The number of nitrogens with zero attached hydrogens (tertiary/aromatic N) is 2. The van der Waals surface area contributed by atoms with Crippen LogP contribution in [0.2, 0.25) is 5.02 Å². The fourth-order valence-electron chi connectivity index (χ4n) is 3.11. The molecule has 1 aromatic heterocycles. The molecule has 7 nitrogen and oxygen atoms in total. The topological polar surface area (TPSA) is 112 Å². The minimum absolute atomic E-state index is 0.209. The van der Waals surface area contributed by atoms with Crippen LogP contribution in [-0.2, 0) is 4.79 Å². The van der Waals surface area contributed by atoms with E-state index in [2.05, 4.69) is 16.4 Å². The summed E-state index contributed by atoms with van der Waals surface area (Å²) >= 11 is 6.21. The summed E-state index contributed by atoms with van der Waals surface area (Å²) in [5.74, 6) is -1.30. The number of nitrogens with one attached hydrogen (secondary N) is 1. The van der Waals surface area contributed by atoms with Crippen LogP contribution in [-0.4, -0.2) is 29.1 Å². The molecule has 0 saturated heterocycles. The Morgan fingerprint density at radius 1 is 1.23 bits per heavy atom. The average Bonchev–Trinajstić information content (AvgIpc) is 2.78. The maximum absolute atomic E-state index is 12.9. The Morgan fingerprint density at radius 2 is 2.00 bits per heavy atom. The van der Waals surface area contributed by atoms with Gasteiger partial charge in [0.05, 0.1) is 36.8 Å². The molecule has 2 aromatic carbocycles. The molecule has 1 atom stereocenters. The molecule has 0 aliphatic carbocycles. The van der Waals surface area contributed by atoms with Crippen molar-refractivity contribution in [3.63, 3.8) is 0 Å². The first-order valence-electron chi connectivity index (χ1n) is 9.24. The first kappa shape index (κ1) is 21.8. The number of hydrogen-bond acceptors (Lipinski definition) is 5. The van der Waals surface area contributed by atoms with Crippen LogP contribution in [0, 0.1) is 11.3 Å². The van der Waals surface area contributed by atoms with Crippen molar-refractivity contribution in [2.75, 3.05) is 7.11 Å². The first-order valence-corrected chi connectivity index (χ1v) is 9.62. The van der Waals surface area contributed by atoms with Crippen molar-refractivity contribution in [1.29, 1.82) is 5.26 Å². The Balaban J connectivity index is 1.96. The summed E-state index contributed by atoms with van der Waals surface area (Å²) in [5, 5.41) is 21.5. The molecule has 1 heterocycles. The van der Waals surface area contributed by atoms with Crippen LogP contribution in [0.4, 0.5) is 0 Å². The minimum atomic E-state index is -1.08.